The number of nitrogens with two attached hydrogens (primary N) is 1. The number of hydrogen-bond acceptors (Lipinski definition) is 4. The molecule has 0 saturated carbocycles. The highest BCUT2D eigenvalue weighted by atomic mass is 32.2. The van der Waals surface area contributed by atoms with Crippen LogP contribution in [0.3, 0.4) is 0 Å². The standard InChI is InChI=1S/C15H21FN2O4S/c1-22-14-10-12(4-5-13(14)16)23(20,21)18-7-2-3-11(6-8-18)9-15(17)19/h4-5,10-11H,2-3,6-9H2,1H3,(H2,17,19). The van der Waals surface area contributed by atoms with E-state index >= 15 is 0 Å². The van der Waals surface area contributed by atoms with Crippen LogP contribution in [0.2, 0.25) is 0 Å². The molecule has 0 spiro atoms. The number of sulfonamides is 1. The van der Waals surface area contributed by atoms with E-state index in [1.54, 1.807) is 0 Å². The maximum atomic E-state index is 13.5. The fraction of sp³-hybridized carbons (Fsp3) is 0.533. The maximum absolute atomic E-state index is 13.5. The second kappa shape index (κ2) is 7.27. The molecular formula is C15H21FN2O4S. The summed E-state index contributed by atoms with van der Waals surface area (Å²) in [5.41, 5.74) is 5.21. The van der Waals surface area contributed by atoms with Crippen molar-refractivity contribution < 1.29 is 22.3 Å². The predicted octanol–water partition coefficient (Wildman–Crippen LogP) is 1.50. The molecule has 2 N–H and O–H groups in total. The molecule has 1 aromatic carbocycles. The Hall–Kier alpha value is -1.67. The number of hydrogen-bond donors (Lipinski definition) is 1. The van der Waals surface area contributed by atoms with Crippen molar-refractivity contribution in [2.24, 2.45) is 11.7 Å². The molecule has 1 aromatic rings. The van der Waals surface area contributed by atoms with E-state index < -0.39 is 15.8 Å². The number of carbonyl (C=O) groups is 1. The second-order valence-electron chi connectivity index (χ2n) is 5.67. The van der Waals surface area contributed by atoms with Crippen LogP contribution in [-0.4, -0.2) is 38.8 Å². The number of rotatable bonds is 5. The molecule has 1 unspecified atom stereocenters. The topological polar surface area (TPSA) is 89.7 Å². The number of methoxy groups -OCH3 is 1. The zero-order valence-electron chi connectivity index (χ0n) is 13.0. The fourth-order valence-corrected chi connectivity index (χ4v) is 4.33. The molecule has 8 heteroatoms. The summed E-state index contributed by atoms with van der Waals surface area (Å²) in [5.74, 6) is -0.971. The molecule has 1 aliphatic rings. The summed E-state index contributed by atoms with van der Waals surface area (Å²) in [7, 11) is -2.43. The van der Waals surface area contributed by atoms with Crippen molar-refractivity contribution in [1.29, 1.82) is 0 Å². The van der Waals surface area contributed by atoms with E-state index in [2.05, 4.69) is 0 Å². The number of ether oxygens (including phenoxy) is 1. The van der Waals surface area contributed by atoms with Gasteiger partial charge in [0.1, 0.15) is 0 Å². The molecule has 1 atom stereocenters. The molecular weight excluding hydrogens is 323 g/mol. The summed E-state index contributed by atoms with van der Waals surface area (Å²) in [6.07, 6.45) is 2.29. The van der Waals surface area contributed by atoms with Crippen LogP contribution in [0.4, 0.5) is 4.39 Å². The van der Waals surface area contributed by atoms with E-state index in [1.807, 2.05) is 0 Å². The Kier molecular flexibility index (Phi) is 5.59. The average molecular weight is 344 g/mol. The van der Waals surface area contributed by atoms with Gasteiger partial charge in [0.15, 0.2) is 11.6 Å². The predicted molar refractivity (Wildman–Crippen MR) is 82.9 cm³/mol. The van der Waals surface area contributed by atoms with Crippen molar-refractivity contribution >= 4 is 15.9 Å². The van der Waals surface area contributed by atoms with E-state index in [0.29, 0.717) is 25.9 Å². The molecule has 0 aliphatic carbocycles. The molecule has 1 fully saturated rings. The van der Waals surface area contributed by atoms with Crippen molar-refractivity contribution in [2.45, 2.75) is 30.6 Å². The monoisotopic (exact) mass is 344 g/mol. The third kappa shape index (κ3) is 4.20. The zero-order valence-corrected chi connectivity index (χ0v) is 13.8. The van der Waals surface area contributed by atoms with E-state index in [-0.39, 0.29) is 28.9 Å². The summed E-state index contributed by atoms with van der Waals surface area (Å²) in [6, 6.07) is 3.51. The first-order chi connectivity index (χ1) is 10.8. The Morgan fingerprint density at radius 3 is 2.78 bits per heavy atom. The molecule has 0 bridgehead atoms. The Balaban J connectivity index is 2.18. The lowest BCUT2D eigenvalue weighted by Gasteiger charge is -2.20. The molecule has 1 heterocycles. The molecule has 1 aliphatic heterocycles. The second-order valence-corrected chi connectivity index (χ2v) is 7.61. The van der Waals surface area contributed by atoms with Crippen molar-refractivity contribution in [2.75, 3.05) is 20.2 Å². The van der Waals surface area contributed by atoms with Crippen molar-refractivity contribution in [3.8, 4) is 5.75 Å². The zero-order chi connectivity index (χ0) is 17.0. The molecule has 128 valence electrons. The van der Waals surface area contributed by atoms with Gasteiger partial charge in [-0.25, -0.2) is 12.8 Å². The Morgan fingerprint density at radius 2 is 2.13 bits per heavy atom. The first kappa shape index (κ1) is 17.7. The Labute approximate surface area is 135 Å². The lowest BCUT2D eigenvalue weighted by Crippen LogP contribution is -2.32. The van der Waals surface area contributed by atoms with Crippen molar-refractivity contribution in [1.82, 2.24) is 4.31 Å². The summed E-state index contributed by atoms with van der Waals surface area (Å²) < 4.78 is 45.1. The molecule has 1 saturated heterocycles. The molecule has 1 amide bonds. The van der Waals surface area contributed by atoms with Gasteiger partial charge in [-0.1, -0.05) is 0 Å². The molecule has 0 radical (unpaired) electrons. The maximum Gasteiger partial charge on any atom is 0.243 e. The normalized spacial score (nSPS) is 20.0. The smallest absolute Gasteiger partial charge is 0.243 e. The van der Waals surface area contributed by atoms with Gasteiger partial charge >= 0.3 is 0 Å². The third-order valence-electron chi connectivity index (χ3n) is 4.06. The summed E-state index contributed by atoms with van der Waals surface area (Å²) in [6.45, 7) is 0.692. The van der Waals surface area contributed by atoms with Crippen LogP contribution in [0.15, 0.2) is 23.1 Å². The highest BCUT2D eigenvalue weighted by molar-refractivity contribution is 7.89. The van der Waals surface area contributed by atoms with Gasteiger partial charge in [-0.2, -0.15) is 4.31 Å². The van der Waals surface area contributed by atoms with Crippen LogP contribution >= 0.6 is 0 Å². The van der Waals surface area contributed by atoms with Crippen LogP contribution in [-0.2, 0) is 14.8 Å². The van der Waals surface area contributed by atoms with Gasteiger partial charge in [-0.05, 0) is 37.3 Å². The largest absolute Gasteiger partial charge is 0.494 e. The van der Waals surface area contributed by atoms with Crippen LogP contribution in [0, 0.1) is 11.7 Å². The van der Waals surface area contributed by atoms with E-state index in [4.69, 9.17) is 10.5 Å². The molecule has 23 heavy (non-hydrogen) atoms. The number of benzene rings is 1. The lowest BCUT2D eigenvalue weighted by molar-refractivity contribution is -0.119. The summed E-state index contributed by atoms with van der Waals surface area (Å²) >= 11 is 0. The Bertz CT molecular complexity index is 678. The van der Waals surface area contributed by atoms with Crippen LogP contribution < -0.4 is 10.5 Å². The average Bonchev–Trinajstić information content (AvgIpc) is 2.73. The quantitative estimate of drug-likeness (QED) is 0.876. The number of amides is 1. The third-order valence-corrected chi connectivity index (χ3v) is 5.95. The lowest BCUT2D eigenvalue weighted by atomic mass is 9.97. The number of halogens is 1. The first-order valence-electron chi connectivity index (χ1n) is 7.46. The van der Waals surface area contributed by atoms with E-state index in [1.165, 1.54) is 23.5 Å². The van der Waals surface area contributed by atoms with Gasteiger partial charge in [-0.15, -0.1) is 0 Å². The van der Waals surface area contributed by atoms with E-state index in [0.717, 1.165) is 12.5 Å². The van der Waals surface area contributed by atoms with Crippen molar-refractivity contribution in [3.63, 3.8) is 0 Å². The van der Waals surface area contributed by atoms with Gasteiger partial charge in [0.2, 0.25) is 15.9 Å². The minimum absolute atomic E-state index is 0.00380. The number of primary amides is 1. The van der Waals surface area contributed by atoms with Gasteiger partial charge < -0.3 is 10.5 Å². The molecule has 2 rings (SSSR count). The fourth-order valence-electron chi connectivity index (χ4n) is 2.82. The highest BCUT2D eigenvalue weighted by Gasteiger charge is 2.28. The molecule has 0 aromatic heterocycles. The van der Waals surface area contributed by atoms with Crippen LogP contribution in [0.25, 0.3) is 0 Å². The van der Waals surface area contributed by atoms with Gasteiger partial charge in [0.25, 0.3) is 0 Å². The van der Waals surface area contributed by atoms with E-state index in [9.17, 15) is 17.6 Å². The summed E-state index contributed by atoms with van der Waals surface area (Å²) in [5, 5.41) is 0. The number of nitrogens with zero attached hydrogens (tertiary/aromatic N) is 1. The minimum atomic E-state index is -3.72. The number of carbonyl (C=O) groups excluding carboxylic acids is 1. The van der Waals surface area contributed by atoms with Crippen LogP contribution in [0.1, 0.15) is 25.7 Å². The van der Waals surface area contributed by atoms with Gasteiger partial charge in [-0.3, -0.25) is 4.79 Å². The summed E-state index contributed by atoms with van der Waals surface area (Å²) in [4.78, 5) is 11.0. The SMILES string of the molecule is COc1cc(S(=O)(=O)N2CCCC(CC(N)=O)CC2)ccc1F. The minimum Gasteiger partial charge on any atom is -0.494 e. The highest BCUT2D eigenvalue weighted by Crippen LogP contribution is 2.27. The van der Waals surface area contributed by atoms with Crippen molar-refractivity contribution in [3.05, 3.63) is 24.0 Å². The van der Waals surface area contributed by atoms with Gasteiger partial charge in [0.05, 0.1) is 12.0 Å². The first-order valence-corrected chi connectivity index (χ1v) is 8.90. The molecule has 6 nitrogen and oxygen atoms in total. The van der Waals surface area contributed by atoms with Gasteiger partial charge in [0, 0.05) is 25.6 Å². The van der Waals surface area contributed by atoms with Crippen LogP contribution in [0.5, 0.6) is 5.75 Å². The Morgan fingerprint density at radius 1 is 1.39 bits per heavy atom.